The van der Waals surface area contributed by atoms with Gasteiger partial charge in [-0.15, -0.1) is 0 Å². The Hall–Kier alpha value is -3.80. The van der Waals surface area contributed by atoms with Gasteiger partial charge in [-0.25, -0.2) is 0 Å². The maximum absolute atomic E-state index is 12.7. The minimum atomic E-state index is -0.462. The van der Waals surface area contributed by atoms with Crippen LogP contribution in [0.1, 0.15) is 39.6 Å². The van der Waals surface area contributed by atoms with Crippen molar-refractivity contribution in [3.63, 3.8) is 0 Å². The van der Waals surface area contributed by atoms with Gasteiger partial charge in [-0.1, -0.05) is 61.5 Å². The summed E-state index contributed by atoms with van der Waals surface area (Å²) in [5.74, 6) is 0.00996. The summed E-state index contributed by atoms with van der Waals surface area (Å²) in [6, 6.07) is 23.8. The first-order valence-corrected chi connectivity index (χ1v) is 10.3. The van der Waals surface area contributed by atoms with Crippen LogP contribution >= 0.6 is 0 Å². The largest absolute Gasteiger partial charge is 0.493 e. The summed E-state index contributed by atoms with van der Waals surface area (Å²) in [5.41, 5.74) is 6.75. The van der Waals surface area contributed by atoms with Gasteiger partial charge in [0.15, 0.2) is 0 Å². The van der Waals surface area contributed by atoms with Crippen LogP contribution in [0, 0.1) is 0 Å². The standard InChI is InChI=1S/C25H26N2O4/c1-2-17-30-22-14-8-6-12-20(22)24(28)26-27-25(29)21-13-7-9-15-23(21)31-18-16-19-10-4-3-5-11-19/h3-15H,2,16-18H2,1H3,(H,26,28)(H,27,29). The molecule has 0 atom stereocenters. The molecule has 0 unspecified atom stereocenters. The SMILES string of the molecule is CCCOc1ccccc1C(=O)NNC(=O)c1ccccc1OCCc1ccccc1. The lowest BCUT2D eigenvalue weighted by atomic mass is 10.1. The molecular formula is C25H26N2O4. The summed E-state index contributed by atoms with van der Waals surface area (Å²) in [6.45, 7) is 2.93. The molecule has 3 aromatic carbocycles. The number of rotatable bonds is 9. The van der Waals surface area contributed by atoms with Gasteiger partial charge in [0.1, 0.15) is 11.5 Å². The van der Waals surface area contributed by atoms with Crippen molar-refractivity contribution in [3.8, 4) is 11.5 Å². The van der Waals surface area contributed by atoms with Crippen molar-refractivity contribution >= 4 is 11.8 Å². The first-order valence-electron chi connectivity index (χ1n) is 10.3. The van der Waals surface area contributed by atoms with E-state index >= 15 is 0 Å². The van der Waals surface area contributed by atoms with E-state index in [4.69, 9.17) is 9.47 Å². The molecule has 0 heterocycles. The lowest BCUT2D eigenvalue weighted by Crippen LogP contribution is -2.41. The highest BCUT2D eigenvalue weighted by atomic mass is 16.5. The Bertz CT molecular complexity index is 1010. The van der Waals surface area contributed by atoms with E-state index in [-0.39, 0.29) is 0 Å². The molecule has 0 saturated carbocycles. The molecule has 0 aliphatic rings. The van der Waals surface area contributed by atoms with Crippen molar-refractivity contribution in [2.24, 2.45) is 0 Å². The van der Waals surface area contributed by atoms with Crippen LogP contribution in [0.5, 0.6) is 11.5 Å². The Morgan fingerprint density at radius 3 is 1.71 bits per heavy atom. The van der Waals surface area contributed by atoms with Crippen molar-refractivity contribution in [1.29, 1.82) is 0 Å². The fourth-order valence-corrected chi connectivity index (χ4v) is 2.94. The first-order chi connectivity index (χ1) is 15.2. The number of amides is 2. The number of carbonyl (C=O) groups excluding carboxylic acids is 2. The molecule has 0 aromatic heterocycles. The van der Waals surface area contributed by atoms with Gasteiger partial charge in [0.2, 0.25) is 0 Å². The normalized spacial score (nSPS) is 10.2. The Labute approximate surface area is 182 Å². The summed E-state index contributed by atoms with van der Waals surface area (Å²) < 4.78 is 11.4. The molecule has 0 saturated heterocycles. The van der Waals surface area contributed by atoms with Gasteiger partial charge in [-0.2, -0.15) is 0 Å². The van der Waals surface area contributed by atoms with Gasteiger partial charge in [0, 0.05) is 6.42 Å². The molecule has 0 aliphatic carbocycles. The summed E-state index contributed by atoms with van der Waals surface area (Å²) in [4.78, 5) is 25.2. The van der Waals surface area contributed by atoms with Gasteiger partial charge >= 0.3 is 0 Å². The topological polar surface area (TPSA) is 76.7 Å². The molecule has 3 rings (SSSR count). The van der Waals surface area contributed by atoms with Crippen LogP contribution in [0.15, 0.2) is 78.9 Å². The van der Waals surface area contributed by atoms with Crippen LogP contribution in [0.4, 0.5) is 0 Å². The summed E-state index contributed by atoms with van der Waals surface area (Å²) in [6.07, 6.45) is 1.55. The number of hydrogen-bond donors (Lipinski definition) is 2. The quantitative estimate of drug-likeness (QED) is 0.512. The van der Waals surface area contributed by atoms with E-state index in [9.17, 15) is 9.59 Å². The van der Waals surface area contributed by atoms with Crippen molar-refractivity contribution in [1.82, 2.24) is 10.9 Å². The number of carbonyl (C=O) groups is 2. The summed E-state index contributed by atoms with van der Waals surface area (Å²) >= 11 is 0. The zero-order valence-corrected chi connectivity index (χ0v) is 17.5. The Morgan fingerprint density at radius 2 is 1.16 bits per heavy atom. The number of nitrogens with one attached hydrogen (secondary N) is 2. The van der Waals surface area contributed by atoms with Crippen molar-refractivity contribution in [2.75, 3.05) is 13.2 Å². The highest BCUT2D eigenvalue weighted by Crippen LogP contribution is 2.19. The molecule has 0 aliphatic heterocycles. The van der Waals surface area contributed by atoms with Gasteiger partial charge in [-0.05, 0) is 36.2 Å². The van der Waals surface area contributed by atoms with E-state index in [0.29, 0.717) is 35.8 Å². The average Bonchev–Trinajstić information content (AvgIpc) is 2.82. The lowest BCUT2D eigenvalue weighted by Gasteiger charge is -2.14. The third-order valence-electron chi connectivity index (χ3n) is 4.51. The zero-order chi connectivity index (χ0) is 21.9. The predicted octanol–water partition coefficient (Wildman–Crippen LogP) is 4.17. The van der Waals surface area contributed by atoms with E-state index in [1.807, 2.05) is 37.3 Å². The maximum Gasteiger partial charge on any atom is 0.273 e. The summed E-state index contributed by atoms with van der Waals surface area (Å²) in [7, 11) is 0. The molecule has 6 nitrogen and oxygen atoms in total. The molecule has 0 spiro atoms. The molecule has 2 N–H and O–H groups in total. The van der Waals surface area contributed by atoms with E-state index in [1.165, 1.54) is 0 Å². The number of para-hydroxylation sites is 2. The van der Waals surface area contributed by atoms with E-state index in [2.05, 4.69) is 10.9 Å². The lowest BCUT2D eigenvalue weighted by molar-refractivity contribution is 0.0842. The average molecular weight is 418 g/mol. The Morgan fingerprint density at radius 1 is 0.677 bits per heavy atom. The third kappa shape index (κ3) is 6.34. The highest BCUT2D eigenvalue weighted by molar-refractivity contribution is 6.01. The minimum absolute atomic E-state index is 0.339. The molecule has 6 heteroatoms. The van der Waals surface area contributed by atoms with E-state index < -0.39 is 11.8 Å². The molecule has 3 aromatic rings. The Balaban J connectivity index is 1.59. The Kier molecular flexibility index (Phi) is 8.05. The molecule has 0 radical (unpaired) electrons. The summed E-state index contributed by atoms with van der Waals surface area (Å²) in [5, 5.41) is 0. The highest BCUT2D eigenvalue weighted by Gasteiger charge is 2.16. The monoisotopic (exact) mass is 418 g/mol. The number of ether oxygens (including phenoxy) is 2. The van der Waals surface area contributed by atoms with Gasteiger partial charge < -0.3 is 9.47 Å². The fourth-order valence-electron chi connectivity index (χ4n) is 2.94. The molecule has 160 valence electrons. The first kappa shape index (κ1) is 21.9. The van der Waals surface area contributed by atoms with Crippen LogP contribution < -0.4 is 20.3 Å². The van der Waals surface area contributed by atoms with Crippen LogP contribution in [0.2, 0.25) is 0 Å². The molecule has 31 heavy (non-hydrogen) atoms. The van der Waals surface area contributed by atoms with Crippen LogP contribution in [0.3, 0.4) is 0 Å². The number of hydrogen-bond acceptors (Lipinski definition) is 4. The van der Waals surface area contributed by atoms with Crippen molar-refractivity contribution in [3.05, 3.63) is 95.6 Å². The number of hydrazine groups is 1. The molecule has 0 fully saturated rings. The second kappa shape index (κ2) is 11.4. The van der Waals surface area contributed by atoms with E-state index in [1.54, 1.807) is 48.5 Å². The van der Waals surface area contributed by atoms with Crippen molar-refractivity contribution in [2.45, 2.75) is 19.8 Å². The fraction of sp³-hybridized carbons (Fsp3) is 0.200. The molecular weight excluding hydrogens is 392 g/mol. The van der Waals surface area contributed by atoms with Gasteiger partial charge in [0.25, 0.3) is 11.8 Å². The molecule has 2 amide bonds. The van der Waals surface area contributed by atoms with Gasteiger partial charge in [-0.3, -0.25) is 20.4 Å². The number of benzene rings is 3. The van der Waals surface area contributed by atoms with Crippen LogP contribution in [-0.4, -0.2) is 25.0 Å². The minimum Gasteiger partial charge on any atom is -0.493 e. The maximum atomic E-state index is 12.7. The smallest absolute Gasteiger partial charge is 0.273 e. The predicted molar refractivity (Wildman–Crippen MR) is 119 cm³/mol. The van der Waals surface area contributed by atoms with Crippen LogP contribution in [-0.2, 0) is 6.42 Å². The molecule has 0 bridgehead atoms. The van der Waals surface area contributed by atoms with E-state index in [0.717, 1.165) is 18.4 Å². The second-order valence-electron chi connectivity index (χ2n) is 6.83. The van der Waals surface area contributed by atoms with Gasteiger partial charge in [0.05, 0.1) is 24.3 Å². The van der Waals surface area contributed by atoms with Crippen LogP contribution in [0.25, 0.3) is 0 Å². The van der Waals surface area contributed by atoms with Crippen molar-refractivity contribution < 1.29 is 19.1 Å². The second-order valence-corrected chi connectivity index (χ2v) is 6.83. The zero-order valence-electron chi connectivity index (χ0n) is 17.5. The third-order valence-corrected chi connectivity index (χ3v) is 4.51.